The van der Waals surface area contributed by atoms with E-state index < -0.39 is 0 Å². The van der Waals surface area contributed by atoms with Crippen LogP contribution in [0.1, 0.15) is 19.8 Å². The number of rotatable bonds is 8. The van der Waals surface area contributed by atoms with Crippen LogP contribution in [-0.4, -0.2) is 18.6 Å². The smallest absolute Gasteiger partial charge is 0.0967 e. The molecule has 0 aromatic carbocycles. The van der Waals surface area contributed by atoms with Crippen molar-refractivity contribution >= 4 is 11.8 Å². The molecule has 0 bridgehead atoms. The number of ether oxygens (including phenoxy) is 1. The molecule has 0 aliphatic rings. The summed E-state index contributed by atoms with van der Waals surface area (Å²) in [6.45, 7) is 6.52. The lowest BCUT2D eigenvalue weighted by Crippen LogP contribution is -1.96. The van der Waals surface area contributed by atoms with E-state index in [9.17, 15) is 0 Å². The van der Waals surface area contributed by atoms with Crippen LogP contribution in [0.2, 0.25) is 0 Å². The molecule has 0 atom stereocenters. The third kappa shape index (κ3) is 7.99. The molecule has 0 aromatic rings. The van der Waals surface area contributed by atoms with Gasteiger partial charge in [0.05, 0.1) is 12.4 Å². The molecule has 0 amide bonds. The number of hydrogen-bond donors (Lipinski definition) is 0. The number of hydrogen-bond acceptors (Lipinski definition) is 2. The molecule has 0 rings (SSSR count). The van der Waals surface area contributed by atoms with Gasteiger partial charge in [-0.3, -0.25) is 0 Å². The third-order valence-corrected chi connectivity index (χ3v) is 2.21. The molecule has 2 heteroatoms. The van der Waals surface area contributed by atoms with E-state index in [1.807, 2.05) is 19.1 Å². The minimum atomic E-state index is 0.788. The lowest BCUT2D eigenvalue weighted by atomic mass is 10.2. The Labute approximate surface area is 91.9 Å². The monoisotopic (exact) mass is 212 g/mol. The van der Waals surface area contributed by atoms with Gasteiger partial charge < -0.3 is 4.74 Å². The zero-order chi connectivity index (χ0) is 10.6. The summed E-state index contributed by atoms with van der Waals surface area (Å²) in [5, 5.41) is 0. The summed E-state index contributed by atoms with van der Waals surface area (Å²) in [7, 11) is 0. The van der Waals surface area contributed by atoms with Crippen LogP contribution in [0.15, 0.2) is 36.6 Å². The second-order valence-electron chi connectivity index (χ2n) is 2.81. The van der Waals surface area contributed by atoms with Crippen molar-refractivity contribution in [2.24, 2.45) is 0 Å². The molecular weight excluding hydrogens is 192 g/mol. The summed E-state index contributed by atoms with van der Waals surface area (Å²) in [5.74, 6) is 2.07. The fourth-order valence-corrected chi connectivity index (χ4v) is 1.19. The van der Waals surface area contributed by atoms with Crippen LogP contribution >= 0.6 is 11.8 Å². The topological polar surface area (TPSA) is 9.23 Å². The van der Waals surface area contributed by atoms with Crippen molar-refractivity contribution in [3.05, 3.63) is 36.6 Å². The predicted octanol–water partition coefficient (Wildman–Crippen LogP) is 3.79. The van der Waals surface area contributed by atoms with Gasteiger partial charge in [-0.2, -0.15) is 11.8 Å². The van der Waals surface area contributed by atoms with E-state index in [0.29, 0.717) is 0 Å². The van der Waals surface area contributed by atoms with Crippen LogP contribution in [0.3, 0.4) is 0 Å². The quantitative estimate of drug-likeness (QED) is 0.344. The van der Waals surface area contributed by atoms with Gasteiger partial charge in [0.15, 0.2) is 0 Å². The Balaban J connectivity index is 3.86. The van der Waals surface area contributed by atoms with E-state index >= 15 is 0 Å². The first kappa shape index (κ1) is 13.4. The minimum Gasteiger partial charge on any atom is -0.497 e. The maximum Gasteiger partial charge on any atom is 0.0967 e. The molecule has 0 aliphatic heterocycles. The Kier molecular flexibility index (Phi) is 9.98. The van der Waals surface area contributed by atoms with Crippen LogP contribution in [0.25, 0.3) is 0 Å². The summed E-state index contributed by atoms with van der Waals surface area (Å²) in [6.07, 6.45) is 12.0. The van der Waals surface area contributed by atoms with E-state index in [1.165, 1.54) is 0 Å². The fourth-order valence-electron chi connectivity index (χ4n) is 0.935. The molecule has 0 aliphatic carbocycles. The Morgan fingerprint density at radius 2 is 2.29 bits per heavy atom. The Morgan fingerprint density at radius 3 is 2.86 bits per heavy atom. The van der Waals surface area contributed by atoms with Gasteiger partial charge in [-0.1, -0.05) is 18.2 Å². The highest BCUT2D eigenvalue weighted by Crippen LogP contribution is 2.07. The minimum absolute atomic E-state index is 0.788. The first-order valence-corrected chi connectivity index (χ1v) is 6.27. The predicted molar refractivity (Wildman–Crippen MR) is 66.7 cm³/mol. The highest BCUT2D eigenvalue weighted by molar-refractivity contribution is 7.98. The molecular formula is C12H20OS. The first-order valence-electron chi connectivity index (χ1n) is 4.88. The summed E-state index contributed by atoms with van der Waals surface area (Å²) >= 11 is 1.80. The molecule has 0 unspecified atom stereocenters. The van der Waals surface area contributed by atoms with Crippen molar-refractivity contribution in [2.75, 3.05) is 18.6 Å². The Hall–Kier alpha value is -0.630. The molecule has 14 heavy (non-hydrogen) atoms. The van der Waals surface area contributed by atoms with Crippen molar-refractivity contribution in [2.45, 2.75) is 19.8 Å². The van der Waals surface area contributed by atoms with Gasteiger partial charge >= 0.3 is 0 Å². The van der Waals surface area contributed by atoms with Gasteiger partial charge in [0.2, 0.25) is 0 Å². The van der Waals surface area contributed by atoms with Gasteiger partial charge in [-0.25, -0.2) is 0 Å². The molecule has 0 saturated heterocycles. The van der Waals surface area contributed by atoms with E-state index in [-0.39, 0.29) is 0 Å². The highest BCUT2D eigenvalue weighted by atomic mass is 32.2. The van der Waals surface area contributed by atoms with Crippen LogP contribution in [0.5, 0.6) is 0 Å². The van der Waals surface area contributed by atoms with Crippen LogP contribution in [-0.2, 0) is 4.74 Å². The van der Waals surface area contributed by atoms with Crippen molar-refractivity contribution in [1.82, 2.24) is 0 Å². The Morgan fingerprint density at radius 1 is 1.50 bits per heavy atom. The maximum absolute atomic E-state index is 5.60. The normalized spacial score (nSPS) is 12.0. The Bertz CT molecular complexity index is 194. The second-order valence-corrected chi connectivity index (χ2v) is 3.79. The van der Waals surface area contributed by atoms with Crippen molar-refractivity contribution in [3.8, 4) is 0 Å². The van der Waals surface area contributed by atoms with E-state index in [1.54, 1.807) is 11.8 Å². The average Bonchev–Trinajstić information content (AvgIpc) is 2.18. The fraction of sp³-hybridized carbons (Fsp3) is 0.500. The SMILES string of the molecule is C=CC/C(=C\C/C=C\C)OCCSC. The van der Waals surface area contributed by atoms with Crippen LogP contribution < -0.4 is 0 Å². The van der Waals surface area contributed by atoms with Gasteiger partial charge in [0, 0.05) is 12.2 Å². The van der Waals surface area contributed by atoms with Gasteiger partial charge in [0.1, 0.15) is 0 Å². The zero-order valence-electron chi connectivity index (χ0n) is 9.16. The van der Waals surface area contributed by atoms with Gasteiger partial charge in [-0.15, -0.1) is 6.58 Å². The molecule has 0 fully saturated rings. The van der Waals surface area contributed by atoms with Gasteiger partial charge in [0.25, 0.3) is 0 Å². The molecule has 0 aromatic heterocycles. The van der Waals surface area contributed by atoms with Crippen molar-refractivity contribution in [3.63, 3.8) is 0 Å². The molecule has 0 heterocycles. The zero-order valence-corrected chi connectivity index (χ0v) is 9.98. The molecule has 0 N–H and O–H groups in total. The molecule has 0 spiro atoms. The third-order valence-electron chi connectivity index (χ3n) is 1.64. The van der Waals surface area contributed by atoms with Crippen molar-refractivity contribution < 1.29 is 4.74 Å². The average molecular weight is 212 g/mol. The summed E-state index contributed by atoms with van der Waals surface area (Å²) in [6, 6.07) is 0. The standard InChI is InChI=1S/C12H20OS/c1-4-6-7-9-12(8-5-2)13-10-11-14-3/h4-6,9H,2,7-8,10-11H2,1,3H3/b6-4-,12-9+. The lowest BCUT2D eigenvalue weighted by Gasteiger charge is -2.07. The molecule has 80 valence electrons. The summed E-state index contributed by atoms with van der Waals surface area (Å²) in [4.78, 5) is 0. The molecule has 0 radical (unpaired) electrons. The van der Waals surface area contributed by atoms with Crippen LogP contribution in [0.4, 0.5) is 0 Å². The summed E-state index contributed by atoms with van der Waals surface area (Å²) in [5.41, 5.74) is 0. The largest absolute Gasteiger partial charge is 0.497 e. The van der Waals surface area contributed by atoms with E-state index in [2.05, 4.69) is 25.0 Å². The maximum atomic E-state index is 5.60. The van der Waals surface area contributed by atoms with E-state index in [0.717, 1.165) is 31.0 Å². The van der Waals surface area contributed by atoms with E-state index in [4.69, 9.17) is 4.74 Å². The first-order chi connectivity index (χ1) is 6.85. The summed E-state index contributed by atoms with van der Waals surface area (Å²) < 4.78 is 5.60. The molecule has 1 nitrogen and oxygen atoms in total. The van der Waals surface area contributed by atoms with Crippen molar-refractivity contribution in [1.29, 1.82) is 0 Å². The second kappa shape index (κ2) is 10.5. The molecule has 0 saturated carbocycles. The van der Waals surface area contributed by atoms with Crippen LogP contribution in [0, 0.1) is 0 Å². The lowest BCUT2D eigenvalue weighted by molar-refractivity contribution is 0.226. The van der Waals surface area contributed by atoms with Gasteiger partial charge in [-0.05, 0) is 25.7 Å². The number of thioether (sulfide) groups is 1. The highest BCUT2D eigenvalue weighted by Gasteiger charge is 1.94. The number of allylic oxidation sites excluding steroid dienone is 4.